The monoisotopic (exact) mass is 260 g/mol. The van der Waals surface area contributed by atoms with Gasteiger partial charge < -0.3 is 14.6 Å². The highest BCUT2D eigenvalue weighted by Gasteiger charge is 2.11. The molecular weight excluding hydrogens is 236 g/mol. The predicted octanol–water partition coefficient (Wildman–Crippen LogP) is 3.35. The molecular formula is C16H24N2O. The lowest BCUT2D eigenvalue weighted by Crippen LogP contribution is -2.22. The molecule has 0 amide bonds. The molecule has 3 heteroatoms. The minimum atomic E-state index is 0.350. The van der Waals surface area contributed by atoms with Gasteiger partial charge in [-0.1, -0.05) is 32.0 Å². The Morgan fingerprint density at radius 2 is 2.00 bits per heavy atom. The van der Waals surface area contributed by atoms with Crippen LogP contribution in [0.5, 0.6) is 0 Å². The summed E-state index contributed by atoms with van der Waals surface area (Å²) in [5.41, 5.74) is 2.67. The van der Waals surface area contributed by atoms with Gasteiger partial charge in [0, 0.05) is 25.9 Å². The highest BCUT2D eigenvalue weighted by Crippen LogP contribution is 2.24. The van der Waals surface area contributed by atoms with E-state index < -0.39 is 0 Å². The van der Waals surface area contributed by atoms with Crippen LogP contribution in [-0.2, 0) is 11.3 Å². The van der Waals surface area contributed by atoms with E-state index in [1.54, 1.807) is 7.11 Å². The van der Waals surface area contributed by atoms with Crippen molar-refractivity contribution in [2.24, 2.45) is 0 Å². The standard InChI is InChI=1S/C16H24N2O/c1-12(2)17-10-15-7-5-6-14-8-9-18(16(14)15)13(3)11-19-4/h5-9,12-13,17H,10-11H2,1-4H3. The molecule has 1 atom stereocenters. The first-order valence-corrected chi connectivity index (χ1v) is 6.94. The Balaban J connectivity index is 2.37. The summed E-state index contributed by atoms with van der Waals surface area (Å²) in [7, 11) is 1.75. The van der Waals surface area contributed by atoms with Gasteiger partial charge in [-0.2, -0.15) is 0 Å². The van der Waals surface area contributed by atoms with Crippen molar-refractivity contribution in [2.45, 2.75) is 39.4 Å². The van der Waals surface area contributed by atoms with E-state index in [9.17, 15) is 0 Å². The Hall–Kier alpha value is -1.32. The summed E-state index contributed by atoms with van der Waals surface area (Å²) >= 11 is 0. The third-order valence-corrected chi connectivity index (χ3v) is 3.41. The van der Waals surface area contributed by atoms with Crippen LogP contribution in [0.25, 0.3) is 10.9 Å². The van der Waals surface area contributed by atoms with E-state index in [0.717, 1.165) is 13.2 Å². The van der Waals surface area contributed by atoms with Crippen LogP contribution >= 0.6 is 0 Å². The summed E-state index contributed by atoms with van der Waals surface area (Å²) in [6, 6.07) is 9.53. The van der Waals surface area contributed by atoms with Crippen LogP contribution in [0.15, 0.2) is 30.5 Å². The first-order chi connectivity index (χ1) is 9.13. The van der Waals surface area contributed by atoms with Crippen LogP contribution in [0.2, 0.25) is 0 Å². The molecule has 1 N–H and O–H groups in total. The van der Waals surface area contributed by atoms with E-state index in [2.05, 4.69) is 61.1 Å². The van der Waals surface area contributed by atoms with Gasteiger partial charge in [0.25, 0.3) is 0 Å². The Morgan fingerprint density at radius 3 is 2.68 bits per heavy atom. The van der Waals surface area contributed by atoms with Gasteiger partial charge in [-0.05, 0) is 23.9 Å². The van der Waals surface area contributed by atoms with Crippen LogP contribution in [0, 0.1) is 0 Å². The summed E-state index contributed by atoms with van der Waals surface area (Å²) in [5, 5.41) is 4.79. The summed E-state index contributed by atoms with van der Waals surface area (Å²) in [5.74, 6) is 0. The molecule has 1 unspecified atom stereocenters. The van der Waals surface area contributed by atoms with E-state index in [-0.39, 0.29) is 0 Å². The number of benzene rings is 1. The largest absolute Gasteiger partial charge is 0.383 e. The van der Waals surface area contributed by atoms with Crippen LogP contribution in [0.1, 0.15) is 32.4 Å². The van der Waals surface area contributed by atoms with Crippen molar-refractivity contribution < 1.29 is 4.74 Å². The molecule has 0 radical (unpaired) electrons. The Kier molecular flexibility index (Phi) is 4.61. The predicted molar refractivity (Wildman–Crippen MR) is 80.5 cm³/mol. The van der Waals surface area contributed by atoms with Crippen LogP contribution < -0.4 is 5.32 Å². The second kappa shape index (κ2) is 6.22. The Morgan fingerprint density at radius 1 is 1.21 bits per heavy atom. The highest BCUT2D eigenvalue weighted by molar-refractivity contribution is 5.83. The number of hydrogen-bond acceptors (Lipinski definition) is 2. The van der Waals surface area contributed by atoms with Gasteiger partial charge in [0.2, 0.25) is 0 Å². The summed E-state index contributed by atoms with van der Waals surface area (Å²) < 4.78 is 7.59. The molecule has 2 aromatic rings. The first kappa shape index (κ1) is 14.1. The van der Waals surface area contributed by atoms with E-state index in [1.165, 1.54) is 16.5 Å². The summed E-state index contributed by atoms with van der Waals surface area (Å²) in [6.07, 6.45) is 2.16. The maximum absolute atomic E-state index is 5.28. The van der Waals surface area contributed by atoms with Crippen molar-refractivity contribution >= 4 is 10.9 Å². The molecule has 1 heterocycles. The van der Waals surface area contributed by atoms with Crippen LogP contribution in [0.4, 0.5) is 0 Å². The lowest BCUT2D eigenvalue weighted by atomic mass is 10.1. The molecule has 0 aliphatic heterocycles. The highest BCUT2D eigenvalue weighted by atomic mass is 16.5. The number of nitrogens with one attached hydrogen (secondary N) is 1. The minimum Gasteiger partial charge on any atom is -0.383 e. The van der Waals surface area contributed by atoms with E-state index >= 15 is 0 Å². The van der Waals surface area contributed by atoms with Gasteiger partial charge in [-0.15, -0.1) is 0 Å². The third-order valence-electron chi connectivity index (χ3n) is 3.41. The molecule has 0 aliphatic rings. The van der Waals surface area contributed by atoms with Crippen molar-refractivity contribution in [3.63, 3.8) is 0 Å². The number of aromatic nitrogens is 1. The zero-order valence-corrected chi connectivity index (χ0v) is 12.3. The summed E-state index contributed by atoms with van der Waals surface area (Å²) in [6.45, 7) is 8.17. The maximum atomic E-state index is 5.28. The molecule has 1 aromatic carbocycles. The fraction of sp³-hybridized carbons (Fsp3) is 0.500. The Bertz CT molecular complexity index is 531. The lowest BCUT2D eigenvalue weighted by Gasteiger charge is -2.17. The average molecular weight is 260 g/mol. The van der Waals surface area contributed by atoms with Crippen molar-refractivity contribution in [3.8, 4) is 0 Å². The van der Waals surface area contributed by atoms with Gasteiger partial charge in [0.05, 0.1) is 18.2 Å². The lowest BCUT2D eigenvalue weighted by molar-refractivity contribution is 0.164. The number of rotatable bonds is 6. The molecule has 0 aliphatic carbocycles. The first-order valence-electron chi connectivity index (χ1n) is 6.94. The number of methoxy groups -OCH3 is 1. The smallest absolute Gasteiger partial charge is 0.0667 e. The van der Waals surface area contributed by atoms with Gasteiger partial charge in [0.15, 0.2) is 0 Å². The molecule has 2 rings (SSSR count). The van der Waals surface area contributed by atoms with Gasteiger partial charge in [0.1, 0.15) is 0 Å². The van der Waals surface area contributed by atoms with Crippen molar-refractivity contribution in [1.29, 1.82) is 0 Å². The van der Waals surface area contributed by atoms with Crippen LogP contribution in [-0.4, -0.2) is 24.3 Å². The average Bonchev–Trinajstić information content (AvgIpc) is 2.81. The fourth-order valence-electron chi connectivity index (χ4n) is 2.44. The van der Waals surface area contributed by atoms with Gasteiger partial charge in [-0.3, -0.25) is 0 Å². The summed E-state index contributed by atoms with van der Waals surface area (Å²) in [4.78, 5) is 0. The van der Waals surface area contributed by atoms with Crippen LogP contribution in [0.3, 0.4) is 0 Å². The van der Waals surface area contributed by atoms with Gasteiger partial charge >= 0.3 is 0 Å². The maximum Gasteiger partial charge on any atom is 0.0667 e. The number of ether oxygens (including phenoxy) is 1. The second-order valence-corrected chi connectivity index (χ2v) is 5.42. The van der Waals surface area contributed by atoms with E-state index in [0.29, 0.717) is 12.1 Å². The third kappa shape index (κ3) is 3.17. The Labute approximate surface area is 115 Å². The number of nitrogens with zero attached hydrogens (tertiary/aromatic N) is 1. The number of para-hydroxylation sites is 1. The SMILES string of the molecule is COCC(C)n1ccc2cccc(CNC(C)C)c21. The molecule has 0 fully saturated rings. The quantitative estimate of drug-likeness (QED) is 0.862. The zero-order valence-electron chi connectivity index (χ0n) is 12.3. The van der Waals surface area contributed by atoms with Gasteiger partial charge in [-0.25, -0.2) is 0 Å². The van der Waals surface area contributed by atoms with Crippen molar-refractivity contribution in [3.05, 3.63) is 36.0 Å². The zero-order chi connectivity index (χ0) is 13.8. The van der Waals surface area contributed by atoms with Crippen molar-refractivity contribution in [2.75, 3.05) is 13.7 Å². The minimum absolute atomic E-state index is 0.350. The molecule has 19 heavy (non-hydrogen) atoms. The second-order valence-electron chi connectivity index (χ2n) is 5.42. The van der Waals surface area contributed by atoms with E-state index in [4.69, 9.17) is 4.74 Å². The molecule has 1 aromatic heterocycles. The van der Waals surface area contributed by atoms with Crippen molar-refractivity contribution in [1.82, 2.24) is 9.88 Å². The normalized spacial score (nSPS) is 13.3. The molecule has 104 valence electrons. The fourth-order valence-corrected chi connectivity index (χ4v) is 2.44. The van der Waals surface area contributed by atoms with E-state index in [1.807, 2.05) is 0 Å². The number of fused-ring (bicyclic) bond motifs is 1. The topological polar surface area (TPSA) is 26.2 Å². The number of hydrogen-bond donors (Lipinski definition) is 1. The molecule has 0 spiro atoms. The molecule has 3 nitrogen and oxygen atoms in total. The molecule has 0 saturated heterocycles. The molecule has 0 bridgehead atoms. The molecule has 0 saturated carbocycles.